The molecular weight excluding hydrogens is 362 g/mol. The molecule has 1 aliphatic rings. The molecule has 1 N–H and O–H groups in total. The third-order valence-corrected chi connectivity index (χ3v) is 7.26. The fourth-order valence-corrected chi connectivity index (χ4v) is 3.82. The lowest BCUT2D eigenvalue weighted by atomic mass is 10.1. The number of aliphatic imine (C=N–C) groups is 1. The number of hydrogen-bond acceptors (Lipinski definition) is 4. The van der Waals surface area contributed by atoms with E-state index < -0.39 is 14.6 Å². The Balaban J connectivity index is 1.90. The van der Waals surface area contributed by atoms with Crippen LogP contribution in [0.2, 0.25) is 0 Å². The van der Waals surface area contributed by atoms with Gasteiger partial charge in [0.15, 0.2) is 15.8 Å². The topological polar surface area (TPSA) is 71.0 Å². The lowest BCUT2D eigenvalue weighted by Crippen LogP contribution is -2.47. The number of nitrogens with zero attached hydrogens (tertiary/aromatic N) is 2. The number of para-hydroxylation sites is 1. The fraction of sp³-hybridized carbons (Fsp3) is 0.650. The molecule has 7 heteroatoms. The fourth-order valence-electron chi connectivity index (χ4n) is 2.88. The number of hydrogen-bond donors (Lipinski definition) is 1. The molecule has 1 saturated heterocycles. The summed E-state index contributed by atoms with van der Waals surface area (Å²) in [4.78, 5) is 6.75. The van der Waals surface area contributed by atoms with E-state index in [1.54, 1.807) is 20.8 Å². The van der Waals surface area contributed by atoms with Crippen molar-refractivity contribution in [2.45, 2.75) is 51.4 Å². The van der Waals surface area contributed by atoms with Crippen molar-refractivity contribution in [3.05, 3.63) is 30.3 Å². The van der Waals surface area contributed by atoms with E-state index in [0.29, 0.717) is 0 Å². The van der Waals surface area contributed by atoms with Crippen molar-refractivity contribution in [3.8, 4) is 5.75 Å². The molecule has 0 amide bonds. The van der Waals surface area contributed by atoms with Crippen LogP contribution in [-0.2, 0) is 9.84 Å². The normalized spacial score (nSPS) is 17.0. The molecule has 6 nitrogen and oxygen atoms in total. The van der Waals surface area contributed by atoms with Crippen LogP contribution >= 0.6 is 0 Å². The van der Waals surface area contributed by atoms with E-state index in [-0.39, 0.29) is 18.4 Å². The van der Waals surface area contributed by atoms with Crippen LogP contribution < -0.4 is 10.1 Å². The Labute approximate surface area is 163 Å². The van der Waals surface area contributed by atoms with E-state index in [0.717, 1.165) is 44.2 Å². The van der Waals surface area contributed by atoms with E-state index in [2.05, 4.69) is 15.2 Å². The highest BCUT2D eigenvalue weighted by Gasteiger charge is 2.28. The lowest BCUT2D eigenvalue weighted by molar-refractivity contribution is 0.129. The summed E-state index contributed by atoms with van der Waals surface area (Å²) in [5, 5.41) is 3.28. The second-order valence-corrected chi connectivity index (χ2v) is 10.6. The Morgan fingerprint density at radius 1 is 1.22 bits per heavy atom. The van der Waals surface area contributed by atoms with Gasteiger partial charge in [-0.2, -0.15) is 0 Å². The molecule has 0 spiro atoms. The highest BCUT2D eigenvalue weighted by atomic mass is 32.2. The van der Waals surface area contributed by atoms with Gasteiger partial charge in [-0.25, -0.2) is 8.42 Å². The van der Waals surface area contributed by atoms with E-state index in [1.807, 2.05) is 37.3 Å². The van der Waals surface area contributed by atoms with Crippen molar-refractivity contribution in [1.82, 2.24) is 10.2 Å². The maximum Gasteiger partial charge on any atom is 0.193 e. The molecule has 1 aliphatic heterocycles. The first-order chi connectivity index (χ1) is 12.7. The third-order valence-electron chi connectivity index (χ3n) is 4.68. The van der Waals surface area contributed by atoms with Crippen LogP contribution in [-0.4, -0.2) is 62.1 Å². The molecule has 0 unspecified atom stereocenters. The summed E-state index contributed by atoms with van der Waals surface area (Å²) in [6, 6.07) is 9.90. The van der Waals surface area contributed by atoms with Crippen LogP contribution in [0.15, 0.2) is 35.3 Å². The minimum Gasteiger partial charge on any atom is -0.490 e. The van der Waals surface area contributed by atoms with Crippen molar-refractivity contribution in [3.63, 3.8) is 0 Å². The average molecular weight is 396 g/mol. The number of likely N-dealkylation sites (tertiary alicyclic amines) is 1. The Bertz CT molecular complexity index is 704. The summed E-state index contributed by atoms with van der Waals surface area (Å²) in [7, 11) is -3.16. The predicted molar refractivity (Wildman–Crippen MR) is 111 cm³/mol. The Kier molecular flexibility index (Phi) is 7.53. The number of rotatable bonds is 6. The van der Waals surface area contributed by atoms with Crippen LogP contribution in [0.1, 0.15) is 40.5 Å². The van der Waals surface area contributed by atoms with Gasteiger partial charge in [-0.3, -0.25) is 4.99 Å². The van der Waals surface area contributed by atoms with Crippen LogP contribution in [0.25, 0.3) is 0 Å². The third kappa shape index (κ3) is 6.41. The minimum absolute atomic E-state index is 0.0684. The molecule has 1 heterocycles. The summed E-state index contributed by atoms with van der Waals surface area (Å²) in [6.45, 7) is 9.93. The highest BCUT2D eigenvalue weighted by Crippen LogP contribution is 2.19. The summed E-state index contributed by atoms with van der Waals surface area (Å²) in [5.74, 6) is 1.77. The van der Waals surface area contributed by atoms with Crippen LogP contribution in [0.5, 0.6) is 5.75 Å². The van der Waals surface area contributed by atoms with E-state index in [9.17, 15) is 8.42 Å². The molecule has 0 bridgehead atoms. The zero-order valence-corrected chi connectivity index (χ0v) is 17.8. The number of ether oxygens (including phenoxy) is 1. The molecule has 0 saturated carbocycles. The molecule has 0 atom stereocenters. The number of piperidine rings is 1. The van der Waals surface area contributed by atoms with Gasteiger partial charge in [0.25, 0.3) is 0 Å². The van der Waals surface area contributed by atoms with Crippen LogP contribution in [0.4, 0.5) is 0 Å². The van der Waals surface area contributed by atoms with Gasteiger partial charge in [0.1, 0.15) is 11.9 Å². The van der Waals surface area contributed by atoms with Gasteiger partial charge in [-0.05, 0) is 39.8 Å². The van der Waals surface area contributed by atoms with E-state index in [4.69, 9.17) is 4.74 Å². The number of guanidine groups is 1. The molecule has 152 valence electrons. The quantitative estimate of drug-likeness (QED) is 0.592. The van der Waals surface area contributed by atoms with Gasteiger partial charge in [-0.15, -0.1) is 0 Å². The standard InChI is InChI=1S/C20H33N3O3S/c1-5-21-19(22-13-16-27(24,25)20(2,3)4)23-14-11-18(12-15-23)26-17-9-7-6-8-10-17/h6-10,18H,5,11-16H2,1-4H3,(H,21,22). The SMILES string of the molecule is CCNC(=NCCS(=O)(=O)C(C)(C)C)N1CCC(Oc2ccccc2)CC1. The zero-order valence-electron chi connectivity index (χ0n) is 16.9. The van der Waals surface area contributed by atoms with Crippen molar-refractivity contribution >= 4 is 15.8 Å². The monoisotopic (exact) mass is 395 g/mol. The second-order valence-electron chi connectivity index (χ2n) is 7.78. The van der Waals surface area contributed by atoms with Gasteiger partial charge in [0.2, 0.25) is 0 Å². The molecule has 0 aromatic heterocycles. The number of nitrogens with one attached hydrogen (secondary N) is 1. The van der Waals surface area contributed by atoms with Gasteiger partial charge >= 0.3 is 0 Å². The van der Waals surface area contributed by atoms with Gasteiger partial charge in [0.05, 0.1) is 17.0 Å². The Morgan fingerprint density at radius 2 is 1.85 bits per heavy atom. The van der Waals surface area contributed by atoms with Gasteiger partial charge < -0.3 is 15.0 Å². The molecule has 27 heavy (non-hydrogen) atoms. The number of sulfone groups is 1. The number of benzene rings is 1. The minimum atomic E-state index is -3.16. The van der Waals surface area contributed by atoms with Crippen molar-refractivity contribution in [2.24, 2.45) is 4.99 Å². The molecular formula is C20H33N3O3S. The highest BCUT2D eigenvalue weighted by molar-refractivity contribution is 7.92. The summed E-state index contributed by atoms with van der Waals surface area (Å²) >= 11 is 0. The molecule has 2 rings (SSSR count). The first-order valence-corrected chi connectivity index (χ1v) is 11.4. The van der Waals surface area contributed by atoms with Gasteiger partial charge in [0, 0.05) is 32.5 Å². The molecule has 1 aromatic rings. The molecule has 0 aliphatic carbocycles. The smallest absolute Gasteiger partial charge is 0.193 e. The summed E-state index contributed by atoms with van der Waals surface area (Å²) < 4.78 is 29.8. The summed E-state index contributed by atoms with van der Waals surface area (Å²) in [5.41, 5.74) is 0. The van der Waals surface area contributed by atoms with E-state index in [1.165, 1.54) is 0 Å². The van der Waals surface area contributed by atoms with Crippen LogP contribution in [0.3, 0.4) is 0 Å². The Hall–Kier alpha value is -1.76. The zero-order chi connectivity index (χ0) is 19.9. The maximum absolute atomic E-state index is 12.3. The largest absolute Gasteiger partial charge is 0.490 e. The molecule has 1 aromatic carbocycles. The van der Waals surface area contributed by atoms with Crippen molar-refractivity contribution < 1.29 is 13.2 Å². The Morgan fingerprint density at radius 3 is 2.41 bits per heavy atom. The summed E-state index contributed by atoms with van der Waals surface area (Å²) in [6.07, 6.45) is 2.03. The maximum atomic E-state index is 12.3. The first kappa shape index (κ1) is 21.5. The first-order valence-electron chi connectivity index (χ1n) is 9.70. The predicted octanol–water partition coefficient (Wildman–Crippen LogP) is 2.71. The van der Waals surface area contributed by atoms with Crippen molar-refractivity contribution in [2.75, 3.05) is 31.9 Å². The second kappa shape index (κ2) is 9.44. The van der Waals surface area contributed by atoms with E-state index >= 15 is 0 Å². The van der Waals surface area contributed by atoms with Crippen LogP contribution in [0, 0.1) is 0 Å². The average Bonchev–Trinajstić information content (AvgIpc) is 2.61. The molecule has 0 radical (unpaired) electrons. The van der Waals surface area contributed by atoms with Crippen molar-refractivity contribution in [1.29, 1.82) is 0 Å². The lowest BCUT2D eigenvalue weighted by Gasteiger charge is -2.34. The molecule has 1 fully saturated rings. The van der Waals surface area contributed by atoms with Gasteiger partial charge in [-0.1, -0.05) is 18.2 Å².